The van der Waals surface area contributed by atoms with E-state index in [4.69, 9.17) is 5.11 Å². The van der Waals surface area contributed by atoms with E-state index in [2.05, 4.69) is 42.6 Å². The van der Waals surface area contributed by atoms with Gasteiger partial charge in [0, 0.05) is 19.6 Å². The Morgan fingerprint density at radius 1 is 1.00 bits per heavy atom. The maximum atomic E-state index is 11.0. The number of likely N-dealkylation sites (N-methyl/N-ethyl adjacent to an activating group) is 1. The average Bonchev–Trinajstić information content (AvgIpc) is 2.38. The molecule has 0 heterocycles. The van der Waals surface area contributed by atoms with Gasteiger partial charge < -0.3 is 19.8 Å². The zero-order valence-electron chi connectivity index (χ0n) is 13.9. The van der Waals surface area contributed by atoms with Gasteiger partial charge in [-0.15, -0.1) is 0 Å². The second-order valence-electron chi connectivity index (χ2n) is 5.72. The van der Waals surface area contributed by atoms with E-state index in [0.29, 0.717) is 6.54 Å². The van der Waals surface area contributed by atoms with Gasteiger partial charge in [0.2, 0.25) is 0 Å². The predicted molar refractivity (Wildman–Crippen MR) is 84.2 cm³/mol. The van der Waals surface area contributed by atoms with Gasteiger partial charge >= 0.3 is 5.97 Å². The highest BCUT2D eigenvalue weighted by molar-refractivity contribution is 5.69. The van der Waals surface area contributed by atoms with Gasteiger partial charge in [0.15, 0.2) is 0 Å². The zero-order valence-corrected chi connectivity index (χ0v) is 13.9. The number of nitrogens with zero attached hydrogens (tertiary/aromatic N) is 3. The Labute approximate surface area is 124 Å². The minimum atomic E-state index is -0.703. The highest BCUT2D eigenvalue weighted by Gasteiger charge is 2.16. The van der Waals surface area contributed by atoms with E-state index in [9.17, 15) is 4.79 Å². The minimum absolute atomic E-state index is 0.300. The summed E-state index contributed by atoms with van der Waals surface area (Å²) in [6.07, 6.45) is 1.08. The van der Waals surface area contributed by atoms with E-state index >= 15 is 0 Å². The van der Waals surface area contributed by atoms with Gasteiger partial charge in [0.25, 0.3) is 0 Å². The summed E-state index contributed by atoms with van der Waals surface area (Å²) in [5.41, 5.74) is 0. The molecule has 0 amide bonds. The van der Waals surface area contributed by atoms with E-state index in [1.165, 1.54) is 0 Å². The van der Waals surface area contributed by atoms with Crippen molar-refractivity contribution < 1.29 is 9.90 Å². The fourth-order valence-electron chi connectivity index (χ4n) is 2.19. The van der Waals surface area contributed by atoms with Crippen LogP contribution in [0.4, 0.5) is 0 Å². The number of hydrogen-bond donors (Lipinski definition) is 1. The molecule has 0 aliphatic heterocycles. The molecule has 20 heavy (non-hydrogen) atoms. The fraction of sp³-hybridized carbons (Fsp3) is 0.933. The van der Waals surface area contributed by atoms with Crippen molar-refractivity contribution in [2.24, 2.45) is 5.92 Å². The normalized spacial score (nSPS) is 13.4. The first-order valence-corrected chi connectivity index (χ1v) is 7.72. The van der Waals surface area contributed by atoms with Crippen LogP contribution in [-0.2, 0) is 4.79 Å². The van der Waals surface area contributed by atoms with Crippen LogP contribution in [0.25, 0.3) is 0 Å². The third-order valence-electron chi connectivity index (χ3n) is 3.66. The highest BCUT2D eigenvalue weighted by atomic mass is 16.4. The molecule has 1 N–H and O–H groups in total. The van der Waals surface area contributed by atoms with Gasteiger partial charge in [-0.05, 0) is 46.7 Å². The molecule has 0 bridgehead atoms. The van der Waals surface area contributed by atoms with Crippen LogP contribution in [0.2, 0.25) is 0 Å². The van der Waals surface area contributed by atoms with Gasteiger partial charge in [-0.25, -0.2) is 0 Å². The van der Waals surface area contributed by atoms with Gasteiger partial charge in [0.05, 0.1) is 5.92 Å². The van der Waals surface area contributed by atoms with Crippen molar-refractivity contribution in [3.63, 3.8) is 0 Å². The van der Waals surface area contributed by atoms with Gasteiger partial charge in [-0.1, -0.05) is 20.8 Å². The lowest BCUT2D eigenvalue weighted by Gasteiger charge is -2.28. The number of carboxylic acids is 1. The lowest BCUT2D eigenvalue weighted by Crippen LogP contribution is -2.39. The summed E-state index contributed by atoms with van der Waals surface area (Å²) in [5, 5.41) is 9.07. The number of carboxylic acid groups (broad SMARTS) is 1. The summed E-state index contributed by atoms with van der Waals surface area (Å²) < 4.78 is 0. The van der Waals surface area contributed by atoms with Crippen molar-refractivity contribution in [2.75, 3.05) is 59.9 Å². The van der Waals surface area contributed by atoms with Crippen LogP contribution in [-0.4, -0.2) is 85.7 Å². The van der Waals surface area contributed by atoms with Crippen molar-refractivity contribution in [3.05, 3.63) is 0 Å². The molecule has 1 unspecified atom stereocenters. The molecule has 0 aromatic carbocycles. The smallest absolute Gasteiger partial charge is 0.307 e. The summed E-state index contributed by atoms with van der Waals surface area (Å²) in [6.45, 7) is 12.9. The van der Waals surface area contributed by atoms with Crippen LogP contribution in [0.3, 0.4) is 0 Å². The van der Waals surface area contributed by atoms with Crippen molar-refractivity contribution >= 4 is 5.97 Å². The second-order valence-corrected chi connectivity index (χ2v) is 5.72. The molecule has 5 nitrogen and oxygen atoms in total. The first-order chi connectivity index (χ1) is 9.40. The Kier molecular flexibility index (Phi) is 10.7. The lowest BCUT2D eigenvalue weighted by molar-refractivity contribution is -0.141. The molecule has 0 radical (unpaired) electrons. The van der Waals surface area contributed by atoms with Gasteiger partial charge in [0.1, 0.15) is 0 Å². The zero-order chi connectivity index (χ0) is 15.5. The van der Waals surface area contributed by atoms with Gasteiger partial charge in [-0.2, -0.15) is 0 Å². The molecule has 0 aromatic rings. The highest BCUT2D eigenvalue weighted by Crippen LogP contribution is 2.03. The average molecular weight is 287 g/mol. The summed E-state index contributed by atoms with van der Waals surface area (Å²) in [4.78, 5) is 17.9. The van der Waals surface area contributed by atoms with Crippen LogP contribution in [0.15, 0.2) is 0 Å². The number of hydrogen-bond acceptors (Lipinski definition) is 4. The second kappa shape index (κ2) is 11.1. The van der Waals surface area contributed by atoms with Crippen LogP contribution in [0.5, 0.6) is 0 Å². The summed E-state index contributed by atoms with van der Waals surface area (Å²) in [5.74, 6) is -1.00. The van der Waals surface area contributed by atoms with Crippen molar-refractivity contribution in [3.8, 4) is 0 Å². The molecule has 0 saturated heterocycles. The molecule has 5 heteroatoms. The summed E-state index contributed by atoms with van der Waals surface area (Å²) in [7, 11) is 4.14. The topological polar surface area (TPSA) is 47.0 Å². The Morgan fingerprint density at radius 3 is 2.00 bits per heavy atom. The number of rotatable bonds is 12. The van der Waals surface area contributed by atoms with E-state index in [1.54, 1.807) is 6.92 Å². The third-order valence-corrected chi connectivity index (χ3v) is 3.66. The molecular formula is C15H33N3O2. The molecule has 1 atom stereocenters. The van der Waals surface area contributed by atoms with Crippen LogP contribution in [0, 0.1) is 5.92 Å². The molecular weight excluding hydrogens is 254 g/mol. The minimum Gasteiger partial charge on any atom is -0.481 e. The fourth-order valence-corrected chi connectivity index (χ4v) is 2.19. The predicted octanol–water partition coefficient (Wildman–Crippen LogP) is 1.30. The molecule has 0 aromatic heterocycles. The van der Waals surface area contributed by atoms with Crippen molar-refractivity contribution in [1.82, 2.24) is 14.7 Å². The first-order valence-electron chi connectivity index (χ1n) is 7.72. The maximum absolute atomic E-state index is 11.0. The Balaban J connectivity index is 4.26. The standard InChI is InChI=1S/C15H33N3O2/c1-6-17(7-2)11-12-18(10-8-9-16(4)5)13-14(3)15(19)20/h14H,6-13H2,1-5H3,(H,19,20). The molecule has 0 aliphatic carbocycles. The molecule has 0 fully saturated rings. The summed E-state index contributed by atoms with van der Waals surface area (Å²) >= 11 is 0. The van der Waals surface area contributed by atoms with E-state index in [1.807, 2.05) is 0 Å². The molecule has 120 valence electrons. The molecule has 0 spiro atoms. The van der Waals surface area contributed by atoms with Crippen LogP contribution >= 0.6 is 0 Å². The largest absolute Gasteiger partial charge is 0.481 e. The molecule has 0 rings (SSSR count). The van der Waals surface area contributed by atoms with Crippen LogP contribution in [0.1, 0.15) is 27.2 Å². The molecule has 0 aliphatic rings. The van der Waals surface area contributed by atoms with E-state index < -0.39 is 5.97 Å². The van der Waals surface area contributed by atoms with E-state index in [-0.39, 0.29) is 5.92 Å². The van der Waals surface area contributed by atoms with Gasteiger partial charge in [-0.3, -0.25) is 4.79 Å². The van der Waals surface area contributed by atoms with Crippen molar-refractivity contribution in [1.29, 1.82) is 0 Å². The lowest BCUT2D eigenvalue weighted by atomic mass is 10.1. The first kappa shape index (κ1) is 19.4. The quantitative estimate of drug-likeness (QED) is 0.586. The van der Waals surface area contributed by atoms with Crippen molar-refractivity contribution in [2.45, 2.75) is 27.2 Å². The Hall–Kier alpha value is -0.650. The number of aliphatic carboxylic acids is 1. The maximum Gasteiger partial charge on any atom is 0.307 e. The third kappa shape index (κ3) is 9.28. The number of carbonyl (C=O) groups is 1. The Bertz CT molecular complexity index is 256. The molecule has 0 saturated carbocycles. The Morgan fingerprint density at radius 2 is 1.55 bits per heavy atom. The summed E-state index contributed by atoms with van der Waals surface area (Å²) in [6, 6.07) is 0. The SMILES string of the molecule is CCN(CC)CCN(CCCN(C)C)CC(C)C(=O)O. The monoisotopic (exact) mass is 287 g/mol. The van der Waals surface area contributed by atoms with Crippen LogP contribution < -0.4 is 0 Å². The van der Waals surface area contributed by atoms with E-state index in [0.717, 1.165) is 45.7 Å².